The highest BCUT2D eigenvalue weighted by atomic mass is 15.1. The van der Waals surface area contributed by atoms with E-state index in [9.17, 15) is 0 Å². The maximum atomic E-state index is 4.25. The summed E-state index contributed by atoms with van der Waals surface area (Å²) in [4.78, 5) is 16.6. The Morgan fingerprint density at radius 2 is 1.88 bits per heavy atom. The second kappa shape index (κ2) is 5.20. The standard InChI is InChI=1S/C11H14N6/c1-8-4-14-9(5-13-8)6-15-11-3-10(12-2)16-7-17-11/h3-5,7H,6H2,1-2H3,(H2,12,15,16,17). The zero-order valence-electron chi connectivity index (χ0n) is 9.81. The number of anilines is 2. The van der Waals surface area contributed by atoms with Gasteiger partial charge in [0.25, 0.3) is 0 Å². The monoisotopic (exact) mass is 230 g/mol. The molecule has 0 aliphatic heterocycles. The van der Waals surface area contributed by atoms with Crippen LogP contribution in [0.1, 0.15) is 11.4 Å². The minimum absolute atomic E-state index is 0.591. The second-order valence-electron chi connectivity index (χ2n) is 3.54. The Kier molecular flexibility index (Phi) is 3.44. The first kappa shape index (κ1) is 11.3. The first-order valence-corrected chi connectivity index (χ1v) is 5.29. The number of hydrogen-bond acceptors (Lipinski definition) is 6. The number of hydrogen-bond donors (Lipinski definition) is 2. The molecule has 0 atom stereocenters. The Bertz CT molecular complexity index is 482. The summed E-state index contributed by atoms with van der Waals surface area (Å²) < 4.78 is 0. The summed E-state index contributed by atoms with van der Waals surface area (Å²) in [5, 5.41) is 6.12. The fraction of sp³-hybridized carbons (Fsp3) is 0.273. The van der Waals surface area contributed by atoms with Crippen molar-refractivity contribution in [2.75, 3.05) is 17.7 Å². The zero-order valence-corrected chi connectivity index (χ0v) is 9.81. The molecule has 0 aliphatic rings. The lowest BCUT2D eigenvalue weighted by molar-refractivity contribution is 0.973. The van der Waals surface area contributed by atoms with Crippen LogP contribution < -0.4 is 10.6 Å². The van der Waals surface area contributed by atoms with E-state index in [2.05, 4.69) is 30.6 Å². The maximum absolute atomic E-state index is 4.25. The number of nitrogens with zero attached hydrogens (tertiary/aromatic N) is 4. The quantitative estimate of drug-likeness (QED) is 0.822. The highest BCUT2D eigenvalue weighted by Gasteiger charge is 1.98. The summed E-state index contributed by atoms with van der Waals surface area (Å²) in [7, 11) is 1.82. The van der Waals surface area contributed by atoms with Crippen LogP contribution in [0.5, 0.6) is 0 Å². The summed E-state index contributed by atoms with van der Waals surface area (Å²) >= 11 is 0. The van der Waals surface area contributed by atoms with Gasteiger partial charge in [-0.2, -0.15) is 0 Å². The van der Waals surface area contributed by atoms with Gasteiger partial charge >= 0.3 is 0 Å². The van der Waals surface area contributed by atoms with E-state index in [0.717, 1.165) is 23.0 Å². The predicted octanol–water partition coefficient (Wildman–Crippen LogP) is 1.23. The number of rotatable bonds is 4. The first-order valence-electron chi connectivity index (χ1n) is 5.29. The molecule has 0 saturated carbocycles. The van der Waals surface area contributed by atoms with Crippen molar-refractivity contribution in [2.24, 2.45) is 0 Å². The zero-order chi connectivity index (χ0) is 12.1. The van der Waals surface area contributed by atoms with Gasteiger partial charge < -0.3 is 10.6 Å². The number of aromatic nitrogens is 4. The molecule has 0 aromatic carbocycles. The minimum atomic E-state index is 0.591. The van der Waals surface area contributed by atoms with Gasteiger partial charge in [0.15, 0.2) is 0 Å². The van der Waals surface area contributed by atoms with Crippen molar-refractivity contribution in [1.82, 2.24) is 19.9 Å². The summed E-state index contributed by atoms with van der Waals surface area (Å²) in [6.45, 7) is 2.50. The molecule has 17 heavy (non-hydrogen) atoms. The molecule has 2 aromatic rings. The van der Waals surface area contributed by atoms with Gasteiger partial charge in [-0.05, 0) is 6.92 Å². The van der Waals surface area contributed by atoms with Gasteiger partial charge in [0.1, 0.15) is 18.0 Å². The average Bonchev–Trinajstić information content (AvgIpc) is 2.38. The van der Waals surface area contributed by atoms with E-state index in [1.807, 2.05) is 20.0 Å². The fourth-order valence-corrected chi connectivity index (χ4v) is 1.28. The van der Waals surface area contributed by atoms with Gasteiger partial charge in [0.05, 0.1) is 24.1 Å². The van der Waals surface area contributed by atoms with Crippen molar-refractivity contribution in [1.29, 1.82) is 0 Å². The Balaban J connectivity index is 1.99. The Labute approximate surface area is 99.6 Å². The minimum Gasteiger partial charge on any atom is -0.373 e. The molecule has 0 spiro atoms. The summed E-state index contributed by atoms with van der Waals surface area (Å²) in [5.74, 6) is 1.53. The van der Waals surface area contributed by atoms with Crippen LogP contribution in [0, 0.1) is 6.92 Å². The van der Waals surface area contributed by atoms with Crippen LogP contribution in [0.25, 0.3) is 0 Å². The van der Waals surface area contributed by atoms with Crippen molar-refractivity contribution in [3.63, 3.8) is 0 Å². The van der Waals surface area contributed by atoms with Crippen LogP contribution in [0.15, 0.2) is 24.8 Å². The summed E-state index contributed by atoms with van der Waals surface area (Å²) in [6, 6.07) is 1.83. The predicted molar refractivity (Wildman–Crippen MR) is 65.7 cm³/mol. The molecule has 0 bridgehead atoms. The van der Waals surface area contributed by atoms with Crippen LogP contribution >= 0.6 is 0 Å². The topological polar surface area (TPSA) is 75.6 Å². The normalized spacial score (nSPS) is 10.0. The van der Waals surface area contributed by atoms with E-state index in [4.69, 9.17) is 0 Å². The second-order valence-corrected chi connectivity index (χ2v) is 3.54. The lowest BCUT2D eigenvalue weighted by atomic mass is 10.4. The largest absolute Gasteiger partial charge is 0.373 e. The molecule has 2 rings (SSSR count). The van der Waals surface area contributed by atoms with Gasteiger partial charge in [-0.1, -0.05) is 0 Å². The van der Waals surface area contributed by atoms with Gasteiger partial charge in [0.2, 0.25) is 0 Å². The maximum Gasteiger partial charge on any atom is 0.131 e. The fourth-order valence-electron chi connectivity index (χ4n) is 1.28. The Hall–Kier alpha value is -2.24. The SMILES string of the molecule is CNc1cc(NCc2cnc(C)cn2)ncn1. The Morgan fingerprint density at radius 1 is 1.06 bits per heavy atom. The van der Waals surface area contributed by atoms with Crippen LogP contribution in [0.3, 0.4) is 0 Å². The van der Waals surface area contributed by atoms with E-state index in [1.165, 1.54) is 6.33 Å². The molecule has 2 aromatic heterocycles. The van der Waals surface area contributed by atoms with Crippen molar-refractivity contribution >= 4 is 11.6 Å². The van der Waals surface area contributed by atoms with Crippen LogP contribution in [-0.4, -0.2) is 27.0 Å². The van der Waals surface area contributed by atoms with E-state index < -0.39 is 0 Å². The van der Waals surface area contributed by atoms with Gasteiger partial charge in [0, 0.05) is 19.3 Å². The third kappa shape index (κ3) is 3.10. The van der Waals surface area contributed by atoms with Crippen molar-refractivity contribution < 1.29 is 0 Å². The first-order chi connectivity index (χ1) is 8.28. The van der Waals surface area contributed by atoms with Crippen molar-refractivity contribution in [2.45, 2.75) is 13.5 Å². The summed E-state index contributed by atoms with van der Waals surface area (Å²) in [5.41, 5.74) is 1.79. The highest BCUT2D eigenvalue weighted by molar-refractivity contribution is 5.45. The van der Waals surface area contributed by atoms with Crippen LogP contribution in [0.4, 0.5) is 11.6 Å². The highest BCUT2D eigenvalue weighted by Crippen LogP contribution is 2.08. The molecule has 0 radical (unpaired) electrons. The van der Waals surface area contributed by atoms with Crippen molar-refractivity contribution in [3.05, 3.63) is 36.2 Å². The molecule has 88 valence electrons. The Morgan fingerprint density at radius 3 is 2.59 bits per heavy atom. The molecular formula is C11H14N6. The molecule has 0 aliphatic carbocycles. The van der Waals surface area contributed by atoms with Crippen LogP contribution in [0.2, 0.25) is 0 Å². The lowest BCUT2D eigenvalue weighted by Gasteiger charge is -2.06. The molecular weight excluding hydrogens is 216 g/mol. The average molecular weight is 230 g/mol. The molecule has 6 heteroatoms. The molecule has 2 heterocycles. The lowest BCUT2D eigenvalue weighted by Crippen LogP contribution is -2.05. The third-order valence-electron chi connectivity index (χ3n) is 2.21. The van der Waals surface area contributed by atoms with Gasteiger partial charge in [-0.3, -0.25) is 9.97 Å². The van der Waals surface area contributed by atoms with E-state index in [-0.39, 0.29) is 0 Å². The smallest absolute Gasteiger partial charge is 0.131 e. The molecule has 0 amide bonds. The number of aryl methyl sites for hydroxylation is 1. The molecule has 0 unspecified atom stereocenters. The van der Waals surface area contributed by atoms with E-state index >= 15 is 0 Å². The van der Waals surface area contributed by atoms with Crippen LogP contribution in [-0.2, 0) is 6.54 Å². The van der Waals surface area contributed by atoms with Gasteiger partial charge in [-0.25, -0.2) is 9.97 Å². The molecule has 0 fully saturated rings. The van der Waals surface area contributed by atoms with E-state index in [0.29, 0.717) is 6.54 Å². The summed E-state index contributed by atoms with van der Waals surface area (Å²) in [6.07, 6.45) is 5.01. The van der Waals surface area contributed by atoms with E-state index in [1.54, 1.807) is 12.4 Å². The third-order valence-corrected chi connectivity index (χ3v) is 2.21. The number of nitrogens with one attached hydrogen (secondary N) is 2. The molecule has 6 nitrogen and oxygen atoms in total. The van der Waals surface area contributed by atoms with Gasteiger partial charge in [-0.15, -0.1) is 0 Å². The van der Waals surface area contributed by atoms with Crippen molar-refractivity contribution in [3.8, 4) is 0 Å². The molecule has 0 saturated heterocycles. The molecule has 2 N–H and O–H groups in total.